The predicted octanol–water partition coefficient (Wildman–Crippen LogP) is 0.482. The number of rotatable bonds is 6. The molecule has 3 fully saturated rings. The van der Waals surface area contributed by atoms with Gasteiger partial charge in [-0.3, -0.25) is 13.8 Å². The van der Waals surface area contributed by atoms with Crippen LogP contribution in [0.4, 0.5) is 0 Å². The molecular formula is C14H18O7S. The van der Waals surface area contributed by atoms with Crippen LogP contribution >= 0.6 is 0 Å². The van der Waals surface area contributed by atoms with Gasteiger partial charge in [0.25, 0.3) is 10.1 Å². The van der Waals surface area contributed by atoms with E-state index in [1.54, 1.807) is 6.92 Å². The van der Waals surface area contributed by atoms with Crippen molar-refractivity contribution in [3.63, 3.8) is 0 Å². The number of esters is 1. The van der Waals surface area contributed by atoms with E-state index in [-0.39, 0.29) is 18.6 Å². The topological polar surface area (TPSA) is 96.0 Å². The molecule has 5 unspecified atom stereocenters. The fourth-order valence-corrected chi connectivity index (χ4v) is 4.83. The van der Waals surface area contributed by atoms with Crippen LogP contribution in [0.5, 0.6) is 0 Å². The second kappa shape index (κ2) is 5.43. The Hall–Kier alpha value is -1.25. The van der Waals surface area contributed by atoms with Crippen molar-refractivity contribution in [1.29, 1.82) is 0 Å². The Bertz CT molecular complexity index is 623. The molecule has 0 saturated carbocycles. The van der Waals surface area contributed by atoms with Crippen molar-refractivity contribution >= 4 is 21.9 Å². The molecule has 3 rings (SSSR count). The highest BCUT2D eigenvalue weighted by Crippen LogP contribution is 2.47. The fraction of sp³-hybridized carbons (Fsp3) is 0.714. The molecule has 0 aromatic heterocycles. The molecule has 8 heteroatoms. The molecule has 122 valence electrons. The monoisotopic (exact) mass is 330 g/mol. The number of allylic oxidation sites excluding steroid dienone is 1. The summed E-state index contributed by atoms with van der Waals surface area (Å²) in [6.07, 6.45) is -1.34. The minimum atomic E-state index is -3.61. The van der Waals surface area contributed by atoms with Crippen LogP contribution in [0.2, 0.25) is 0 Å². The standard InChI is InChI=1S/C14H18O7S/c1-7(2)8(15)4-3-5-11(16)20-12-9-6-10-13(19-9)14(12)21-22(10,17)18/h9-10,12-14H,1,3-6H2,2H3. The Morgan fingerprint density at radius 1 is 1.27 bits per heavy atom. The predicted molar refractivity (Wildman–Crippen MR) is 74.4 cm³/mol. The molecule has 3 heterocycles. The molecule has 0 amide bonds. The van der Waals surface area contributed by atoms with Gasteiger partial charge in [0.1, 0.15) is 17.5 Å². The van der Waals surface area contributed by atoms with Crippen LogP contribution in [0, 0.1) is 0 Å². The molecule has 3 aliphatic rings. The summed E-state index contributed by atoms with van der Waals surface area (Å²) in [5.74, 6) is -0.552. The van der Waals surface area contributed by atoms with Gasteiger partial charge in [-0.15, -0.1) is 0 Å². The van der Waals surface area contributed by atoms with E-state index in [9.17, 15) is 18.0 Å². The summed E-state index contributed by atoms with van der Waals surface area (Å²) in [5.41, 5.74) is 0.463. The first-order valence-electron chi connectivity index (χ1n) is 7.25. The van der Waals surface area contributed by atoms with Gasteiger partial charge in [-0.2, -0.15) is 8.42 Å². The van der Waals surface area contributed by atoms with Crippen molar-refractivity contribution in [1.82, 2.24) is 0 Å². The van der Waals surface area contributed by atoms with Gasteiger partial charge < -0.3 is 9.47 Å². The normalized spacial score (nSPS) is 37.2. The molecule has 0 radical (unpaired) electrons. The van der Waals surface area contributed by atoms with Crippen LogP contribution in [0.1, 0.15) is 32.6 Å². The van der Waals surface area contributed by atoms with Crippen molar-refractivity contribution in [3.8, 4) is 0 Å². The molecule has 3 saturated heterocycles. The van der Waals surface area contributed by atoms with Gasteiger partial charge in [0.2, 0.25) is 0 Å². The highest BCUT2D eigenvalue weighted by Gasteiger charge is 2.67. The molecule has 22 heavy (non-hydrogen) atoms. The van der Waals surface area contributed by atoms with E-state index in [1.807, 2.05) is 0 Å². The fourth-order valence-electron chi connectivity index (χ4n) is 3.19. The zero-order valence-corrected chi connectivity index (χ0v) is 13.0. The Kier molecular flexibility index (Phi) is 3.86. The molecule has 3 aliphatic heterocycles. The van der Waals surface area contributed by atoms with Crippen LogP contribution in [0.25, 0.3) is 0 Å². The van der Waals surface area contributed by atoms with E-state index in [2.05, 4.69) is 6.58 Å². The first kappa shape index (κ1) is 15.6. The van der Waals surface area contributed by atoms with E-state index >= 15 is 0 Å². The molecule has 0 N–H and O–H groups in total. The molecular weight excluding hydrogens is 312 g/mol. The van der Waals surface area contributed by atoms with E-state index < -0.39 is 45.8 Å². The van der Waals surface area contributed by atoms with E-state index in [0.717, 1.165) is 0 Å². The Balaban J connectivity index is 1.51. The van der Waals surface area contributed by atoms with E-state index in [1.165, 1.54) is 0 Å². The summed E-state index contributed by atoms with van der Waals surface area (Å²) >= 11 is 0. The first-order valence-corrected chi connectivity index (χ1v) is 8.72. The Morgan fingerprint density at radius 2 is 2.00 bits per heavy atom. The van der Waals surface area contributed by atoms with Crippen molar-refractivity contribution in [3.05, 3.63) is 12.2 Å². The summed E-state index contributed by atoms with van der Waals surface area (Å²) in [6.45, 7) is 5.17. The summed E-state index contributed by atoms with van der Waals surface area (Å²) in [4.78, 5) is 23.2. The van der Waals surface area contributed by atoms with E-state index in [0.29, 0.717) is 18.4 Å². The molecule has 0 aromatic carbocycles. The highest BCUT2D eigenvalue weighted by atomic mass is 32.2. The zero-order chi connectivity index (χ0) is 16.1. The van der Waals surface area contributed by atoms with Gasteiger partial charge in [-0.1, -0.05) is 6.58 Å². The SMILES string of the molecule is C=C(C)C(=O)CCCC(=O)OC1C2CC3C(O2)C1OS3(=O)=O. The van der Waals surface area contributed by atoms with Crippen LogP contribution in [0.3, 0.4) is 0 Å². The maximum absolute atomic E-state index is 11.8. The number of ketones is 1. The van der Waals surface area contributed by atoms with Crippen molar-refractivity contribution < 1.29 is 31.7 Å². The lowest BCUT2D eigenvalue weighted by Gasteiger charge is -2.21. The zero-order valence-electron chi connectivity index (χ0n) is 12.2. The number of hydrogen-bond donors (Lipinski definition) is 0. The van der Waals surface area contributed by atoms with Gasteiger partial charge >= 0.3 is 5.97 Å². The van der Waals surface area contributed by atoms with Gasteiger partial charge in [-0.05, 0) is 25.3 Å². The summed E-state index contributed by atoms with van der Waals surface area (Å²) in [6, 6.07) is 0. The van der Waals surface area contributed by atoms with Crippen molar-refractivity contribution in [2.75, 3.05) is 0 Å². The Morgan fingerprint density at radius 3 is 2.68 bits per heavy atom. The molecule has 5 atom stereocenters. The number of Topliss-reactive ketones (excluding diaryl/α,β-unsaturated/α-hetero) is 1. The maximum atomic E-state index is 11.8. The highest BCUT2D eigenvalue weighted by molar-refractivity contribution is 7.87. The molecule has 0 aliphatic carbocycles. The van der Waals surface area contributed by atoms with Crippen LogP contribution < -0.4 is 0 Å². The number of ether oxygens (including phenoxy) is 2. The smallest absolute Gasteiger partial charge is 0.306 e. The molecule has 0 aromatic rings. The molecule has 7 nitrogen and oxygen atoms in total. The van der Waals surface area contributed by atoms with Crippen LogP contribution in [-0.4, -0.2) is 49.8 Å². The lowest BCUT2D eigenvalue weighted by Crippen LogP contribution is -2.41. The maximum Gasteiger partial charge on any atom is 0.306 e. The third-order valence-corrected chi connectivity index (χ3v) is 6.01. The van der Waals surface area contributed by atoms with Gasteiger partial charge in [0.05, 0.1) is 6.10 Å². The quantitative estimate of drug-likeness (QED) is 0.397. The third-order valence-electron chi connectivity index (χ3n) is 4.32. The summed E-state index contributed by atoms with van der Waals surface area (Å²) in [5, 5.41) is -0.634. The number of fused-ring (bicyclic) bond motifs is 1. The van der Waals surface area contributed by atoms with Crippen molar-refractivity contribution in [2.24, 2.45) is 0 Å². The minimum absolute atomic E-state index is 0.0795. The summed E-state index contributed by atoms with van der Waals surface area (Å²) in [7, 11) is -3.61. The molecule has 0 spiro atoms. The number of carbonyl (C=O) groups excluding carboxylic acids is 2. The summed E-state index contributed by atoms with van der Waals surface area (Å²) < 4.78 is 39.3. The second-order valence-electron chi connectivity index (χ2n) is 5.98. The van der Waals surface area contributed by atoms with E-state index in [4.69, 9.17) is 13.7 Å². The van der Waals surface area contributed by atoms with Gasteiger partial charge in [0, 0.05) is 12.8 Å². The van der Waals surface area contributed by atoms with Crippen LogP contribution in [-0.2, 0) is 33.4 Å². The van der Waals surface area contributed by atoms with Gasteiger partial charge in [-0.25, -0.2) is 0 Å². The number of carbonyl (C=O) groups is 2. The van der Waals surface area contributed by atoms with Crippen molar-refractivity contribution in [2.45, 2.75) is 62.3 Å². The van der Waals surface area contributed by atoms with Gasteiger partial charge in [0.15, 0.2) is 11.9 Å². The molecule has 2 bridgehead atoms. The largest absolute Gasteiger partial charge is 0.457 e. The lowest BCUT2D eigenvalue weighted by molar-refractivity contribution is -0.154. The first-order chi connectivity index (χ1) is 10.3. The second-order valence-corrected chi connectivity index (χ2v) is 7.76. The average molecular weight is 330 g/mol. The van der Waals surface area contributed by atoms with Crippen LogP contribution in [0.15, 0.2) is 12.2 Å². The third kappa shape index (κ3) is 2.59. The minimum Gasteiger partial charge on any atom is -0.457 e. The number of hydrogen-bond acceptors (Lipinski definition) is 7. The Labute approximate surface area is 128 Å². The lowest BCUT2D eigenvalue weighted by atomic mass is 9.94. The average Bonchev–Trinajstić information content (AvgIpc) is 3.02.